The lowest BCUT2D eigenvalue weighted by Crippen LogP contribution is -2.36. The van der Waals surface area contributed by atoms with Gasteiger partial charge in [-0.25, -0.2) is 0 Å². The molecule has 2 aliphatic rings. The number of likely N-dealkylation sites (N-methyl/N-ethyl adjacent to an activating group) is 1. The monoisotopic (exact) mass is 245 g/mol. The summed E-state index contributed by atoms with van der Waals surface area (Å²) in [5.74, 6) is 0. The van der Waals surface area contributed by atoms with Gasteiger partial charge in [0.15, 0.2) is 0 Å². The Labute approximate surface area is 110 Å². The molecule has 0 aromatic heterocycles. The summed E-state index contributed by atoms with van der Waals surface area (Å²) >= 11 is 0. The summed E-state index contributed by atoms with van der Waals surface area (Å²) in [7, 11) is 2.29. The van der Waals surface area contributed by atoms with Gasteiger partial charge in [0, 0.05) is 36.5 Å². The van der Waals surface area contributed by atoms with E-state index in [4.69, 9.17) is 5.73 Å². The van der Waals surface area contributed by atoms with Crippen molar-refractivity contribution in [1.29, 1.82) is 0 Å². The first kappa shape index (κ1) is 11.8. The molecule has 1 aromatic carbocycles. The average Bonchev–Trinajstić information content (AvgIpc) is 2.57. The summed E-state index contributed by atoms with van der Waals surface area (Å²) in [5.41, 5.74) is 9.48. The molecule has 2 N–H and O–H groups in total. The quantitative estimate of drug-likeness (QED) is 0.770. The Morgan fingerprint density at radius 2 is 1.94 bits per heavy atom. The molecule has 2 atom stereocenters. The van der Waals surface area contributed by atoms with E-state index in [1.54, 1.807) is 0 Å². The fraction of sp³-hybridized carbons (Fsp3) is 0.600. The predicted molar refractivity (Wildman–Crippen MR) is 77.0 cm³/mol. The summed E-state index contributed by atoms with van der Waals surface area (Å²) in [4.78, 5) is 5.12. The number of anilines is 2. The number of rotatable bonds is 1. The van der Waals surface area contributed by atoms with Crippen molar-refractivity contribution in [1.82, 2.24) is 4.90 Å². The van der Waals surface area contributed by atoms with Crippen molar-refractivity contribution in [2.24, 2.45) is 0 Å². The number of hydrogen-bond donors (Lipinski definition) is 1. The molecule has 0 amide bonds. The van der Waals surface area contributed by atoms with Gasteiger partial charge in [0.2, 0.25) is 0 Å². The van der Waals surface area contributed by atoms with Crippen molar-refractivity contribution >= 4 is 11.4 Å². The molecule has 0 aliphatic carbocycles. The van der Waals surface area contributed by atoms with Crippen LogP contribution in [0.15, 0.2) is 18.2 Å². The highest BCUT2D eigenvalue weighted by Gasteiger charge is 2.34. The Morgan fingerprint density at radius 3 is 2.78 bits per heavy atom. The van der Waals surface area contributed by atoms with Crippen LogP contribution in [0.5, 0.6) is 0 Å². The van der Waals surface area contributed by atoms with E-state index in [-0.39, 0.29) is 0 Å². The maximum absolute atomic E-state index is 5.94. The number of benzene rings is 1. The average molecular weight is 245 g/mol. The molecule has 0 spiro atoms. The summed E-state index contributed by atoms with van der Waals surface area (Å²) in [6, 6.07) is 7.78. The van der Waals surface area contributed by atoms with Crippen LogP contribution in [0.1, 0.15) is 24.8 Å². The molecule has 0 saturated carbocycles. The molecule has 2 saturated heterocycles. The highest BCUT2D eigenvalue weighted by Crippen LogP contribution is 2.32. The van der Waals surface area contributed by atoms with Crippen molar-refractivity contribution in [2.75, 3.05) is 30.8 Å². The summed E-state index contributed by atoms with van der Waals surface area (Å²) in [6.45, 7) is 4.49. The van der Waals surface area contributed by atoms with E-state index in [9.17, 15) is 0 Å². The second-order valence-electron chi connectivity index (χ2n) is 5.83. The minimum Gasteiger partial charge on any atom is -0.399 e. The first-order valence-corrected chi connectivity index (χ1v) is 6.98. The molecule has 2 heterocycles. The van der Waals surface area contributed by atoms with E-state index >= 15 is 0 Å². The molecule has 2 fully saturated rings. The SMILES string of the molecule is Cc1ccc(N)cc1N1CCC2CCC(C1)N2C. The van der Waals surface area contributed by atoms with E-state index in [0.29, 0.717) is 0 Å². The van der Waals surface area contributed by atoms with Gasteiger partial charge in [-0.2, -0.15) is 0 Å². The molecule has 98 valence electrons. The lowest BCUT2D eigenvalue weighted by atomic mass is 10.1. The van der Waals surface area contributed by atoms with Crippen LogP contribution in [0.3, 0.4) is 0 Å². The third-order valence-corrected chi connectivity index (χ3v) is 4.72. The predicted octanol–water partition coefficient (Wildman–Crippen LogP) is 2.25. The normalized spacial score (nSPS) is 28.4. The lowest BCUT2D eigenvalue weighted by molar-refractivity contribution is 0.254. The van der Waals surface area contributed by atoms with E-state index in [2.05, 4.69) is 35.9 Å². The van der Waals surface area contributed by atoms with Crippen LogP contribution in [0.4, 0.5) is 11.4 Å². The summed E-state index contributed by atoms with van der Waals surface area (Å²) in [5, 5.41) is 0. The van der Waals surface area contributed by atoms with Crippen molar-refractivity contribution in [3.63, 3.8) is 0 Å². The van der Waals surface area contributed by atoms with Gasteiger partial charge in [-0.3, -0.25) is 4.90 Å². The van der Waals surface area contributed by atoms with Crippen LogP contribution in [0.2, 0.25) is 0 Å². The van der Waals surface area contributed by atoms with Gasteiger partial charge in [-0.05, 0) is 50.9 Å². The molecule has 0 radical (unpaired) electrons. The van der Waals surface area contributed by atoms with Crippen LogP contribution in [-0.2, 0) is 0 Å². The largest absolute Gasteiger partial charge is 0.399 e. The van der Waals surface area contributed by atoms with Crippen molar-refractivity contribution in [3.05, 3.63) is 23.8 Å². The Balaban J connectivity index is 1.87. The number of fused-ring (bicyclic) bond motifs is 2. The fourth-order valence-electron chi connectivity index (χ4n) is 3.49. The van der Waals surface area contributed by atoms with Crippen LogP contribution < -0.4 is 10.6 Å². The molecular formula is C15H23N3. The minimum absolute atomic E-state index is 0.721. The zero-order valence-corrected chi connectivity index (χ0v) is 11.4. The lowest BCUT2D eigenvalue weighted by Gasteiger charge is -2.29. The van der Waals surface area contributed by atoms with Gasteiger partial charge >= 0.3 is 0 Å². The summed E-state index contributed by atoms with van der Waals surface area (Å²) in [6.07, 6.45) is 4.01. The van der Waals surface area contributed by atoms with Gasteiger partial charge in [-0.1, -0.05) is 6.07 Å². The molecule has 18 heavy (non-hydrogen) atoms. The van der Waals surface area contributed by atoms with Crippen LogP contribution in [0, 0.1) is 6.92 Å². The highest BCUT2D eigenvalue weighted by atomic mass is 15.3. The number of hydrogen-bond acceptors (Lipinski definition) is 3. The molecule has 3 heteroatoms. The van der Waals surface area contributed by atoms with E-state index in [1.165, 1.54) is 30.5 Å². The van der Waals surface area contributed by atoms with Gasteiger partial charge in [0.25, 0.3) is 0 Å². The number of nitrogens with zero attached hydrogens (tertiary/aromatic N) is 2. The topological polar surface area (TPSA) is 32.5 Å². The second-order valence-corrected chi connectivity index (χ2v) is 5.83. The number of nitrogen functional groups attached to an aromatic ring is 1. The molecule has 3 rings (SSSR count). The number of nitrogens with two attached hydrogens (primary N) is 1. The van der Waals surface area contributed by atoms with Crippen LogP contribution in [0.25, 0.3) is 0 Å². The van der Waals surface area contributed by atoms with Gasteiger partial charge in [0.1, 0.15) is 0 Å². The zero-order chi connectivity index (χ0) is 12.7. The van der Waals surface area contributed by atoms with Crippen LogP contribution >= 0.6 is 0 Å². The highest BCUT2D eigenvalue weighted by molar-refractivity contribution is 5.61. The van der Waals surface area contributed by atoms with E-state index in [1.807, 2.05) is 6.07 Å². The number of aryl methyl sites for hydroxylation is 1. The minimum atomic E-state index is 0.721. The zero-order valence-electron chi connectivity index (χ0n) is 11.4. The van der Waals surface area contributed by atoms with Crippen LogP contribution in [-0.4, -0.2) is 37.1 Å². The Kier molecular flexibility index (Phi) is 2.94. The second kappa shape index (κ2) is 4.47. The maximum atomic E-state index is 5.94. The Morgan fingerprint density at radius 1 is 1.17 bits per heavy atom. The van der Waals surface area contributed by atoms with E-state index < -0.39 is 0 Å². The van der Waals surface area contributed by atoms with Crippen molar-refractivity contribution in [3.8, 4) is 0 Å². The summed E-state index contributed by atoms with van der Waals surface area (Å²) < 4.78 is 0. The molecule has 2 aliphatic heterocycles. The van der Waals surface area contributed by atoms with Gasteiger partial charge in [0.05, 0.1) is 0 Å². The van der Waals surface area contributed by atoms with Gasteiger partial charge < -0.3 is 10.6 Å². The van der Waals surface area contributed by atoms with Crippen molar-refractivity contribution in [2.45, 2.75) is 38.3 Å². The fourth-order valence-corrected chi connectivity index (χ4v) is 3.49. The molecular weight excluding hydrogens is 222 g/mol. The molecule has 2 bridgehead atoms. The first-order valence-electron chi connectivity index (χ1n) is 6.98. The molecule has 3 nitrogen and oxygen atoms in total. The Bertz CT molecular complexity index is 443. The first-order chi connectivity index (χ1) is 8.65. The Hall–Kier alpha value is -1.22. The maximum Gasteiger partial charge on any atom is 0.0417 e. The molecule has 1 aromatic rings. The van der Waals surface area contributed by atoms with Crippen molar-refractivity contribution < 1.29 is 0 Å². The standard InChI is InChI=1S/C15H23N3/c1-11-3-4-12(16)9-15(11)18-8-7-13-5-6-14(10-18)17(13)2/h3-4,9,13-14H,5-8,10,16H2,1-2H3. The van der Waals surface area contributed by atoms with Gasteiger partial charge in [-0.15, -0.1) is 0 Å². The third-order valence-electron chi connectivity index (χ3n) is 4.72. The molecule has 2 unspecified atom stereocenters. The third kappa shape index (κ3) is 1.97. The smallest absolute Gasteiger partial charge is 0.0417 e. The van der Waals surface area contributed by atoms with E-state index in [0.717, 1.165) is 30.9 Å².